The quantitative estimate of drug-likeness (QED) is 0.493. The van der Waals surface area contributed by atoms with Crippen LogP contribution in [0.1, 0.15) is 28.8 Å². The Hall–Kier alpha value is -3.03. The lowest BCUT2D eigenvalue weighted by Crippen LogP contribution is -2.42. The first kappa shape index (κ1) is 24.1. The predicted octanol–water partition coefficient (Wildman–Crippen LogP) is 4.54. The number of methoxy groups -OCH3 is 2. The summed E-state index contributed by atoms with van der Waals surface area (Å²) in [6.45, 7) is 2.25. The van der Waals surface area contributed by atoms with E-state index in [2.05, 4.69) is 36.0 Å². The highest BCUT2D eigenvalue weighted by molar-refractivity contribution is 6.11. The van der Waals surface area contributed by atoms with Gasteiger partial charge in [-0.1, -0.05) is 0 Å². The van der Waals surface area contributed by atoms with Gasteiger partial charge in [0.05, 0.1) is 19.8 Å². The molecular formula is C26H30ClN3O4. The van der Waals surface area contributed by atoms with E-state index in [4.69, 9.17) is 19.2 Å². The van der Waals surface area contributed by atoms with E-state index in [9.17, 15) is 4.79 Å². The number of esters is 1. The number of rotatable bonds is 5. The SMILES string of the molecule is COc1cc2cc3c(c(-c4ccc(N5CCC(N(C)C)CC5)nc4)c2cc1OC)C(=O)OC3.Cl. The van der Waals surface area contributed by atoms with Crippen LogP contribution >= 0.6 is 12.4 Å². The molecule has 3 heterocycles. The van der Waals surface area contributed by atoms with Crippen LogP contribution in [0.25, 0.3) is 21.9 Å². The maximum Gasteiger partial charge on any atom is 0.339 e. The van der Waals surface area contributed by atoms with E-state index in [0.29, 0.717) is 23.1 Å². The summed E-state index contributed by atoms with van der Waals surface area (Å²) >= 11 is 0. The number of ether oxygens (including phenoxy) is 3. The third-order valence-electron chi connectivity index (χ3n) is 6.84. The van der Waals surface area contributed by atoms with Crippen molar-refractivity contribution in [2.45, 2.75) is 25.5 Å². The number of fused-ring (bicyclic) bond motifs is 2. The van der Waals surface area contributed by atoms with Gasteiger partial charge < -0.3 is 24.0 Å². The van der Waals surface area contributed by atoms with Crippen LogP contribution in [0.4, 0.5) is 5.82 Å². The highest BCUT2D eigenvalue weighted by Crippen LogP contribution is 2.42. The maximum atomic E-state index is 12.7. The molecule has 0 saturated carbocycles. The van der Waals surface area contributed by atoms with Crippen LogP contribution in [0.15, 0.2) is 36.5 Å². The van der Waals surface area contributed by atoms with E-state index in [1.54, 1.807) is 14.2 Å². The van der Waals surface area contributed by atoms with Crippen LogP contribution < -0.4 is 14.4 Å². The molecule has 0 N–H and O–H groups in total. The first-order valence-electron chi connectivity index (χ1n) is 11.3. The fraction of sp³-hybridized carbons (Fsp3) is 0.385. The van der Waals surface area contributed by atoms with Crippen LogP contribution in [0.2, 0.25) is 0 Å². The number of carbonyl (C=O) groups is 1. The molecule has 0 bridgehead atoms. The minimum atomic E-state index is -0.300. The van der Waals surface area contributed by atoms with E-state index < -0.39 is 0 Å². The fourth-order valence-electron chi connectivity index (χ4n) is 4.98. The van der Waals surface area contributed by atoms with Gasteiger partial charge in [0.2, 0.25) is 0 Å². The van der Waals surface area contributed by atoms with E-state index in [-0.39, 0.29) is 25.0 Å². The van der Waals surface area contributed by atoms with Gasteiger partial charge in [-0.2, -0.15) is 0 Å². The van der Waals surface area contributed by atoms with Crippen LogP contribution in [0.3, 0.4) is 0 Å². The molecule has 0 aliphatic carbocycles. The van der Waals surface area contributed by atoms with Gasteiger partial charge in [0.15, 0.2) is 11.5 Å². The van der Waals surface area contributed by atoms with E-state index in [0.717, 1.165) is 59.2 Å². The summed E-state index contributed by atoms with van der Waals surface area (Å²) in [7, 11) is 7.52. The molecule has 2 aliphatic rings. The summed E-state index contributed by atoms with van der Waals surface area (Å²) in [6, 6.07) is 10.6. The number of nitrogens with zero attached hydrogens (tertiary/aromatic N) is 3. The van der Waals surface area contributed by atoms with Crippen LogP contribution in [-0.4, -0.2) is 63.3 Å². The summed E-state index contributed by atoms with van der Waals surface area (Å²) in [5.41, 5.74) is 3.20. The number of pyridine rings is 1. The van der Waals surface area contributed by atoms with E-state index in [1.165, 1.54) is 0 Å². The minimum Gasteiger partial charge on any atom is -0.493 e. The van der Waals surface area contributed by atoms with Crippen LogP contribution in [-0.2, 0) is 11.3 Å². The van der Waals surface area contributed by atoms with Gasteiger partial charge in [-0.3, -0.25) is 0 Å². The molecule has 0 amide bonds. The van der Waals surface area contributed by atoms with Gasteiger partial charge >= 0.3 is 5.97 Å². The highest BCUT2D eigenvalue weighted by Gasteiger charge is 2.29. The number of hydrogen-bond donors (Lipinski definition) is 0. The van der Waals surface area contributed by atoms with Crippen LogP contribution in [0, 0.1) is 0 Å². The van der Waals surface area contributed by atoms with Crippen molar-refractivity contribution in [2.75, 3.05) is 46.3 Å². The second kappa shape index (κ2) is 9.68. The molecule has 7 nitrogen and oxygen atoms in total. The number of benzene rings is 2. The Morgan fingerprint density at radius 2 is 1.74 bits per heavy atom. The van der Waals surface area contributed by atoms with E-state index in [1.807, 2.05) is 24.4 Å². The molecule has 5 rings (SSSR count). The molecular weight excluding hydrogens is 454 g/mol. The number of carbonyl (C=O) groups excluding carboxylic acids is 1. The van der Waals surface area contributed by atoms with Gasteiger partial charge in [-0.15, -0.1) is 12.4 Å². The van der Waals surface area contributed by atoms with Crippen molar-refractivity contribution in [3.8, 4) is 22.6 Å². The first-order valence-corrected chi connectivity index (χ1v) is 11.3. The predicted molar refractivity (Wildman–Crippen MR) is 136 cm³/mol. The average Bonchev–Trinajstić information content (AvgIpc) is 3.21. The molecule has 0 spiro atoms. The molecule has 2 aliphatic heterocycles. The Balaban J connectivity index is 0.00000274. The standard InChI is InChI=1S/C26H29N3O4.ClH/c1-28(2)19-7-9-29(10-8-19)23-6-5-16(14-27-23)24-20-13-22(32-4)21(31-3)12-17(20)11-18-15-33-26(30)25(18)24;/h5-6,11-14,19H,7-10,15H2,1-4H3;1H. The lowest BCUT2D eigenvalue weighted by Gasteiger charge is -2.35. The zero-order valence-corrected chi connectivity index (χ0v) is 20.8. The molecule has 34 heavy (non-hydrogen) atoms. The Bertz CT molecular complexity index is 1210. The van der Waals surface area contributed by atoms with Crippen molar-refractivity contribution in [3.05, 3.63) is 47.7 Å². The van der Waals surface area contributed by atoms with Crippen molar-refractivity contribution in [3.63, 3.8) is 0 Å². The molecule has 0 unspecified atom stereocenters. The molecule has 180 valence electrons. The number of aromatic nitrogens is 1. The minimum absolute atomic E-state index is 0. The topological polar surface area (TPSA) is 64.1 Å². The van der Waals surface area contributed by atoms with Crippen molar-refractivity contribution in [1.29, 1.82) is 0 Å². The second-order valence-corrected chi connectivity index (χ2v) is 8.88. The summed E-state index contributed by atoms with van der Waals surface area (Å²) in [5, 5.41) is 1.88. The number of anilines is 1. The maximum absolute atomic E-state index is 12.7. The molecule has 1 saturated heterocycles. The smallest absolute Gasteiger partial charge is 0.339 e. The number of hydrogen-bond acceptors (Lipinski definition) is 7. The third kappa shape index (κ3) is 4.14. The summed E-state index contributed by atoms with van der Waals surface area (Å²) in [5.74, 6) is 1.93. The van der Waals surface area contributed by atoms with Crippen molar-refractivity contribution >= 4 is 35.0 Å². The zero-order valence-electron chi connectivity index (χ0n) is 20.0. The molecule has 0 radical (unpaired) electrons. The normalized spacial score (nSPS) is 15.8. The summed E-state index contributed by atoms with van der Waals surface area (Å²) < 4.78 is 16.4. The number of cyclic esters (lactones) is 1. The molecule has 8 heteroatoms. The molecule has 1 aromatic heterocycles. The molecule has 0 atom stereocenters. The van der Waals surface area contributed by atoms with E-state index >= 15 is 0 Å². The van der Waals surface area contributed by atoms with Crippen molar-refractivity contribution < 1.29 is 19.0 Å². The van der Waals surface area contributed by atoms with Gasteiger partial charge in [-0.05, 0) is 68.0 Å². The molecule has 3 aromatic rings. The second-order valence-electron chi connectivity index (χ2n) is 8.88. The Morgan fingerprint density at radius 1 is 1.03 bits per heavy atom. The average molecular weight is 484 g/mol. The van der Waals surface area contributed by atoms with Gasteiger partial charge in [-0.25, -0.2) is 9.78 Å². The van der Waals surface area contributed by atoms with Gasteiger partial charge in [0.1, 0.15) is 12.4 Å². The molecule has 2 aromatic carbocycles. The number of halogens is 1. The Labute approximate surface area is 206 Å². The molecule has 1 fully saturated rings. The summed E-state index contributed by atoms with van der Waals surface area (Å²) in [6.07, 6.45) is 4.12. The lowest BCUT2D eigenvalue weighted by atomic mass is 9.91. The van der Waals surface area contributed by atoms with Gasteiger partial charge in [0, 0.05) is 42.0 Å². The van der Waals surface area contributed by atoms with Crippen molar-refractivity contribution in [2.24, 2.45) is 0 Å². The third-order valence-corrected chi connectivity index (χ3v) is 6.84. The van der Waals surface area contributed by atoms with Crippen molar-refractivity contribution in [1.82, 2.24) is 9.88 Å². The van der Waals surface area contributed by atoms with Gasteiger partial charge in [0.25, 0.3) is 0 Å². The highest BCUT2D eigenvalue weighted by atomic mass is 35.5. The fourth-order valence-corrected chi connectivity index (χ4v) is 4.98. The monoisotopic (exact) mass is 483 g/mol. The lowest BCUT2D eigenvalue weighted by molar-refractivity contribution is 0.0535. The first-order chi connectivity index (χ1) is 16.0. The van der Waals surface area contributed by atoms with Crippen LogP contribution in [0.5, 0.6) is 11.5 Å². The zero-order chi connectivity index (χ0) is 23.1. The summed E-state index contributed by atoms with van der Waals surface area (Å²) in [4.78, 5) is 22.1. The number of piperidine rings is 1. The largest absolute Gasteiger partial charge is 0.493 e. The Kier molecular flexibility index (Phi) is 6.86. The Morgan fingerprint density at radius 3 is 2.35 bits per heavy atom.